The zero-order chi connectivity index (χ0) is 9.14. The minimum absolute atomic E-state index is 0.167. The average molecular weight is 171 g/mol. The van der Waals surface area contributed by atoms with Crippen LogP contribution < -0.4 is 17.0 Å². The van der Waals surface area contributed by atoms with Crippen LogP contribution in [-0.4, -0.2) is 14.9 Å². The largest absolute Gasteiger partial charge is 0.346 e. The van der Waals surface area contributed by atoms with Gasteiger partial charge in [0.25, 0.3) is 0 Å². The molecule has 0 saturated carbocycles. The van der Waals surface area contributed by atoms with E-state index in [0.717, 1.165) is 6.20 Å². The smallest absolute Gasteiger partial charge is 0.304 e. The van der Waals surface area contributed by atoms with Gasteiger partial charge in [0.15, 0.2) is 0 Å². The number of nitrogen functional groups attached to an aromatic ring is 1. The number of nitrogens with zero attached hydrogens (tertiary/aromatic N) is 2. The van der Waals surface area contributed by atoms with E-state index < -0.39 is 10.6 Å². The molecule has 0 radical (unpaired) electrons. The van der Waals surface area contributed by atoms with Crippen LogP contribution in [0.3, 0.4) is 0 Å². The molecular formula is C4H5N5O3. The molecule has 0 aromatic carbocycles. The summed E-state index contributed by atoms with van der Waals surface area (Å²) >= 11 is 0. The third-order valence-corrected chi connectivity index (χ3v) is 1.13. The zero-order valence-corrected chi connectivity index (χ0v) is 5.77. The fraction of sp³-hybridized carbons (Fsp3) is 0. The summed E-state index contributed by atoms with van der Waals surface area (Å²) in [5.74, 6) is 4.74. The van der Waals surface area contributed by atoms with E-state index in [0.29, 0.717) is 0 Å². The summed E-state index contributed by atoms with van der Waals surface area (Å²) in [7, 11) is 0. The molecule has 0 amide bonds. The average Bonchev–Trinajstić information content (AvgIpc) is 2.03. The molecule has 12 heavy (non-hydrogen) atoms. The van der Waals surface area contributed by atoms with Gasteiger partial charge in [-0.3, -0.25) is 15.1 Å². The van der Waals surface area contributed by atoms with Crippen LogP contribution in [0.1, 0.15) is 0 Å². The van der Waals surface area contributed by atoms with Crippen molar-refractivity contribution in [2.75, 3.05) is 5.43 Å². The Morgan fingerprint density at radius 3 is 2.92 bits per heavy atom. The number of hydrogen-bond acceptors (Lipinski definition) is 6. The first kappa shape index (κ1) is 8.14. The van der Waals surface area contributed by atoms with Crippen molar-refractivity contribution in [1.82, 2.24) is 9.97 Å². The van der Waals surface area contributed by atoms with E-state index in [1.807, 2.05) is 5.43 Å². The first-order valence-electron chi connectivity index (χ1n) is 2.85. The van der Waals surface area contributed by atoms with Crippen LogP contribution in [0.5, 0.6) is 0 Å². The summed E-state index contributed by atoms with van der Waals surface area (Å²) in [6.45, 7) is 0. The van der Waals surface area contributed by atoms with E-state index in [1.165, 1.54) is 0 Å². The number of aromatic nitrogens is 2. The molecule has 0 aliphatic heterocycles. The fourth-order valence-corrected chi connectivity index (χ4v) is 0.636. The molecule has 4 N–H and O–H groups in total. The van der Waals surface area contributed by atoms with Crippen LogP contribution in [-0.2, 0) is 0 Å². The summed E-state index contributed by atoms with van der Waals surface area (Å²) < 4.78 is 0. The lowest BCUT2D eigenvalue weighted by molar-refractivity contribution is -0.384. The van der Waals surface area contributed by atoms with Gasteiger partial charge in [-0.05, 0) is 0 Å². The number of rotatable bonds is 2. The Bertz CT molecular complexity index is 358. The Morgan fingerprint density at radius 1 is 1.75 bits per heavy atom. The van der Waals surface area contributed by atoms with E-state index in [1.54, 1.807) is 0 Å². The first-order chi connectivity index (χ1) is 5.65. The topological polar surface area (TPSA) is 127 Å². The first-order valence-corrected chi connectivity index (χ1v) is 2.85. The molecule has 0 saturated heterocycles. The number of anilines is 1. The highest BCUT2D eigenvalue weighted by atomic mass is 16.6. The molecule has 64 valence electrons. The minimum Gasteiger partial charge on any atom is -0.304 e. The van der Waals surface area contributed by atoms with Gasteiger partial charge in [0.1, 0.15) is 6.20 Å². The van der Waals surface area contributed by atoms with Gasteiger partial charge in [-0.15, -0.1) is 0 Å². The molecule has 1 rings (SSSR count). The molecule has 0 aliphatic rings. The predicted molar refractivity (Wildman–Crippen MR) is 39.3 cm³/mol. The lowest BCUT2D eigenvalue weighted by Crippen LogP contribution is -2.18. The maximum atomic E-state index is 10.5. The van der Waals surface area contributed by atoms with Gasteiger partial charge in [-0.2, -0.15) is 4.98 Å². The van der Waals surface area contributed by atoms with Crippen molar-refractivity contribution in [2.24, 2.45) is 5.84 Å². The predicted octanol–water partition coefficient (Wildman–Crippen LogP) is -1.04. The highest BCUT2D eigenvalue weighted by Gasteiger charge is 2.13. The summed E-state index contributed by atoms with van der Waals surface area (Å²) in [6, 6.07) is 0. The number of hydrogen-bond donors (Lipinski definition) is 3. The second kappa shape index (κ2) is 2.96. The Balaban J connectivity index is 3.29. The third kappa shape index (κ3) is 1.37. The van der Waals surface area contributed by atoms with E-state index in [-0.39, 0.29) is 11.5 Å². The number of hydrazine groups is 1. The van der Waals surface area contributed by atoms with E-state index in [4.69, 9.17) is 5.84 Å². The van der Waals surface area contributed by atoms with Crippen LogP contribution in [0.2, 0.25) is 0 Å². The SMILES string of the molecule is NNc1[nH]c(=O)ncc1[N+](=O)[O-]. The summed E-state index contributed by atoms with van der Waals surface area (Å²) in [6.07, 6.45) is 0.827. The molecule has 1 heterocycles. The molecule has 8 nitrogen and oxygen atoms in total. The molecule has 0 spiro atoms. The third-order valence-electron chi connectivity index (χ3n) is 1.13. The lowest BCUT2D eigenvalue weighted by atomic mass is 10.5. The quantitative estimate of drug-likeness (QED) is 0.296. The van der Waals surface area contributed by atoms with Crippen LogP contribution in [0.4, 0.5) is 11.5 Å². The molecule has 0 aliphatic carbocycles. The molecule has 0 atom stereocenters. The van der Waals surface area contributed by atoms with Crippen molar-refractivity contribution in [1.29, 1.82) is 0 Å². The van der Waals surface area contributed by atoms with Crippen LogP contribution in [0.25, 0.3) is 0 Å². The zero-order valence-electron chi connectivity index (χ0n) is 5.77. The van der Waals surface area contributed by atoms with Gasteiger partial charge in [-0.1, -0.05) is 0 Å². The standard InChI is InChI=1S/C4H5N5O3/c5-8-3-2(9(11)12)1-6-4(10)7-3/h1H,5H2,(H2,6,7,8,10). The number of H-pyrrole nitrogens is 1. The number of nitrogens with two attached hydrogens (primary N) is 1. The van der Waals surface area contributed by atoms with Crippen LogP contribution >= 0.6 is 0 Å². The van der Waals surface area contributed by atoms with Gasteiger partial charge in [-0.25, -0.2) is 10.6 Å². The van der Waals surface area contributed by atoms with Crippen LogP contribution in [0.15, 0.2) is 11.0 Å². The van der Waals surface area contributed by atoms with Gasteiger partial charge >= 0.3 is 11.4 Å². The Labute approximate surface area is 65.5 Å². The number of aromatic amines is 1. The number of nitrogens with one attached hydrogen (secondary N) is 2. The second-order valence-electron chi connectivity index (χ2n) is 1.85. The highest BCUT2D eigenvalue weighted by Crippen LogP contribution is 2.15. The normalized spacial score (nSPS) is 9.42. The van der Waals surface area contributed by atoms with Crippen molar-refractivity contribution in [2.45, 2.75) is 0 Å². The molecule has 0 unspecified atom stereocenters. The minimum atomic E-state index is -0.710. The van der Waals surface area contributed by atoms with Gasteiger partial charge in [0.05, 0.1) is 4.92 Å². The Hall–Kier alpha value is -1.96. The summed E-state index contributed by atoms with van der Waals surface area (Å²) in [5, 5.41) is 10.2. The number of nitro groups is 1. The van der Waals surface area contributed by atoms with Gasteiger partial charge in [0, 0.05) is 0 Å². The van der Waals surface area contributed by atoms with E-state index in [9.17, 15) is 14.9 Å². The summed E-state index contributed by atoms with van der Waals surface area (Å²) in [5.41, 5.74) is 0.902. The van der Waals surface area contributed by atoms with Crippen LogP contribution in [0, 0.1) is 10.1 Å². The van der Waals surface area contributed by atoms with Crippen molar-refractivity contribution in [3.8, 4) is 0 Å². The lowest BCUT2D eigenvalue weighted by Gasteiger charge is -1.98. The van der Waals surface area contributed by atoms with Crippen molar-refractivity contribution in [3.05, 3.63) is 26.8 Å². The highest BCUT2D eigenvalue weighted by molar-refractivity contribution is 5.52. The monoisotopic (exact) mass is 171 g/mol. The molecular weight excluding hydrogens is 166 g/mol. The fourth-order valence-electron chi connectivity index (χ4n) is 0.636. The maximum Gasteiger partial charge on any atom is 0.346 e. The second-order valence-corrected chi connectivity index (χ2v) is 1.85. The van der Waals surface area contributed by atoms with Gasteiger partial charge < -0.3 is 5.43 Å². The maximum absolute atomic E-state index is 10.5. The van der Waals surface area contributed by atoms with Crippen molar-refractivity contribution < 1.29 is 4.92 Å². The molecule has 0 bridgehead atoms. The van der Waals surface area contributed by atoms with Crippen molar-refractivity contribution >= 4 is 11.5 Å². The molecule has 1 aromatic heterocycles. The van der Waals surface area contributed by atoms with Crippen molar-refractivity contribution in [3.63, 3.8) is 0 Å². The van der Waals surface area contributed by atoms with E-state index in [2.05, 4.69) is 9.97 Å². The Morgan fingerprint density at radius 2 is 2.42 bits per heavy atom. The molecule has 8 heteroatoms. The molecule has 1 aromatic rings. The molecule has 0 fully saturated rings. The summed E-state index contributed by atoms with van der Waals surface area (Å²) in [4.78, 5) is 25.3. The Kier molecular flexibility index (Phi) is 2.01. The van der Waals surface area contributed by atoms with Gasteiger partial charge in [0.2, 0.25) is 5.82 Å². The van der Waals surface area contributed by atoms with E-state index >= 15 is 0 Å².